The summed E-state index contributed by atoms with van der Waals surface area (Å²) in [6.45, 7) is 3.83. The Morgan fingerprint density at radius 2 is 2.18 bits per heavy atom. The van der Waals surface area contributed by atoms with E-state index < -0.39 is 11.7 Å². The molecule has 0 bridgehead atoms. The Kier molecular flexibility index (Phi) is 5.16. The minimum Gasteiger partial charge on any atom is -0.411 e. The molecule has 0 radical (unpaired) electrons. The summed E-state index contributed by atoms with van der Waals surface area (Å²) >= 11 is 0. The van der Waals surface area contributed by atoms with Gasteiger partial charge in [0.25, 0.3) is 0 Å². The second kappa shape index (κ2) is 7.09. The smallest absolute Gasteiger partial charge is 0.197 e. The lowest BCUT2D eigenvalue weighted by Gasteiger charge is -2.30. The maximum atomic E-state index is 12.4. The number of hydrogen-bond acceptors (Lipinski definition) is 6. The Balaban J connectivity index is 2.33. The van der Waals surface area contributed by atoms with E-state index in [0.29, 0.717) is 12.2 Å². The van der Waals surface area contributed by atoms with E-state index in [-0.39, 0.29) is 5.78 Å². The van der Waals surface area contributed by atoms with E-state index in [1.54, 1.807) is 30.6 Å². The van der Waals surface area contributed by atoms with E-state index >= 15 is 0 Å². The van der Waals surface area contributed by atoms with Crippen molar-refractivity contribution in [3.8, 4) is 0 Å². The van der Waals surface area contributed by atoms with E-state index in [4.69, 9.17) is 9.94 Å². The molecule has 2 rings (SSSR count). The van der Waals surface area contributed by atoms with Gasteiger partial charge in [-0.2, -0.15) is 0 Å². The monoisotopic (exact) mass is 301 g/mol. The van der Waals surface area contributed by atoms with Gasteiger partial charge >= 0.3 is 0 Å². The molecule has 1 aliphatic rings. The molecule has 0 spiro atoms. The van der Waals surface area contributed by atoms with Crippen LogP contribution >= 0.6 is 0 Å². The van der Waals surface area contributed by atoms with Gasteiger partial charge in [-0.05, 0) is 37.1 Å². The van der Waals surface area contributed by atoms with E-state index in [9.17, 15) is 4.79 Å². The molecule has 2 unspecified atom stereocenters. The Bertz CT molecular complexity index is 610. The molecule has 6 nitrogen and oxygen atoms in total. The van der Waals surface area contributed by atoms with Crippen LogP contribution in [0.3, 0.4) is 0 Å². The van der Waals surface area contributed by atoms with E-state index in [2.05, 4.69) is 15.1 Å². The molecule has 1 aliphatic carbocycles. The summed E-state index contributed by atoms with van der Waals surface area (Å²) in [5, 5.41) is 12.0. The number of ketones is 1. The first-order chi connectivity index (χ1) is 10.6. The average molecular weight is 301 g/mol. The van der Waals surface area contributed by atoms with Crippen LogP contribution in [0.15, 0.2) is 47.4 Å². The minimum atomic E-state index is -1.42. The molecule has 0 amide bonds. The second-order valence-electron chi connectivity index (χ2n) is 5.13. The molecule has 6 heteroatoms. The lowest BCUT2D eigenvalue weighted by atomic mass is 9.91. The first-order valence-electron chi connectivity index (χ1n) is 7.16. The first-order valence-corrected chi connectivity index (χ1v) is 7.16. The summed E-state index contributed by atoms with van der Waals surface area (Å²) in [6, 6.07) is 1.72. The zero-order valence-electron chi connectivity index (χ0n) is 12.6. The SMILES string of the molecule is CCCC(OC1(C=NO)C=CC(C)=CC1=O)c1ncccn1. The minimum absolute atomic E-state index is 0.290. The van der Waals surface area contributed by atoms with Gasteiger partial charge in [0.1, 0.15) is 6.10 Å². The molecular formula is C16H19N3O3. The largest absolute Gasteiger partial charge is 0.411 e. The van der Waals surface area contributed by atoms with Gasteiger partial charge in [-0.3, -0.25) is 4.79 Å². The fraction of sp³-hybridized carbons (Fsp3) is 0.375. The van der Waals surface area contributed by atoms with Gasteiger partial charge in [0.15, 0.2) is 17.2 Å². The van der Waals surface area contributed by atoms with Crippen molar-refractivity contribution < 1.29 is 14.7 Å². The Labute approximate surface area is 129 Å². The van der Waals surface area contributed by atoms with Crippen LogP contribution in [0.25, 0.3) is 0 Å². The third kappa shape index (κ3) is 3.46. The quantitative estimate of drug-likeness (QED) is 0.496. The number of carbonyl (C=O) groups is 1. The second-order valence-corrected chi connectivity index (χ2v) is 5.13. The van der Waals surface area contributed by atoms with Gasteiger partial charge in [-0.1, -0.05) is 24.6 Å². The molecule has 116 valence electrons. The van der Waals surface area contributed by atoms with Crippen LogP contribution < -0.4 is 0 Å². The highest BCUT2D eigenvalue weighted by Crippen LogP contribution is 2.29. The Morgan fingerprint density at radius 1 is 1.45 bits per heavy atom. The van der Waals surface area contributed by atoms with Gasteiger partial charge < -0.3 is 9.94 Å². The van der Waals surface area contributed by atoms with Crippen LogP contribution in [0.2, 0.25) is 0 Å². The van der Waals surface area contributed by atoms with Crippen molar-refractivity contribution in [1.82, 2.24) is 9.97 Å². The fourth-order valence-corrected chi connectivity index (χ4v) is 2.24. The van der Waals surface area contributed by atoms with Gasteiger partial charge in [-0.25, -0.2) is 9.97 Å². The van der Waals surface area contributed by atoms with Gasteiger partial charge in [0.05, 0.1) is 6.21 Å². The van der Waals surface area contributed by atoms with Crippen LogP contribution in [0, 0.1) is 0 Å². The van der Waals surface area contributed by atoms with E-state index in [1.165, 1.54) is 6.08 Å². The maximum Gasteiger partial charge on any atom is 0.197 e. The lowest BCUT2D eigenvalue weighted by molar-refractivity contribution is -0.132. The third-order valence-corrected chi connectivity index (χ3v) is 3.35. The van der Waals surface area contributed by atoms with Crippen molar-refractivity contribution in [2.75, 3.05) is 0 Å². The molecule has 2 atom stereocenters. The van der Waals surface area contributed by atoms with Crippen molar-refractivity contribution in [2.45, 2.75) is 38.4 Å². The number of allylic oxidation sites excluding steroid dienone is 2. The number of hydrogen-bond donors (Lipinski definition) is 1. The van der Waals surface area contributed by atoms with E-state index in [0.717, 1.165) is 18.2 Å². The van der Waals surface area contributed by atoms with Crippen molar-refractivity contribution in [1.29, 1.82) is 0 Å². The van der Waals surface area contributed by atoms with Crippen molar-refractivity contribution >= 4 is 12.0 Å². The maximum absolute atomic E-state index is 12.4. The number of nitrogens with zero attached hydrogens (tertiary/aromatic N) is 3. The molecule has 1 N–H and O–H groups in total. The van der Waals surface area contributed by atoms with Crippen molar-refractivity contribution in [3.05, 3.63) is 48.1 Å². The molecule has 1 aromatic rings. The number of ether oxygens (including phenoxy) is 1. The first kappa shape index (κ1) is 16.0. The summed E-state index contributed by atoms with van der Waals surface area (Å²) in [5.41, 5.74) is -0.605. The zero-order valence-corrected chi connectivity index (χ0v) is 12.6. The van der Waals surface area contributed by atoms with Crippen LogP contribution in [-0.2, 0) is 9.53 Å². The predicted molar refractivity (Wildman–Crippen MR) is 81.7 cm³/mol. The van der Waals surface area contributed by atoms with Crippen LogP contribution in [-0.4, -0.2) is 32.8 Å². The summed E-state index contributed by atoms with van der Waals surface area (Å²) < 4.78 is 5.99. The normalized spacial score (nSPS) is 22.8. The number of carbonyl (C=O) groups excluding carboxylic acids is 1. The molecule has 1 aromatic heterocycles. The van der Waals surface area contributed by atoms with Crippen LogP contribution in [0.1, 0.15) is 38.6 Å². The summed E-state index contributed by atoms with van der Waals surface area (Å²) in [5.74, 6) is 0.213. The standard InChI is InChI=1S/C16H19N3O3/c1-3-5-13(15-17-8-4-9-18-15)22-16(11-19-21)7-6-12(2)10-14(16)20/h4,6-11,13,21H,3,5H2,1-2H3. The summed E-state index contributed by atoms with van der Waals surface area (Å²) in [6.07, 6.45) is 10.2. The molecular weight excluding hydrogens is 282 g/mol. The van der Waals surface area contributed by atoms with Gasteiger partial charge in [0.2, 0.25) is 0 Å². The van der Waals surface area contributed by atoms with Crippen molar-refractivity contribution in [3.63, 3.8) is 0 Å². The molecule has 1 heterocycles. The predicted octanol–water partition coefficient (Wildman–Crippen LogP) is 2.62. The topological polar surface area (TPSA) is 84.7 Å². The van der Waals surface area contributed by atoms with Crippen LogP contribution in [0.5, 0.6) is 0 Å². The highest BCUT2D eigenvalue weighted by atomic mass is 16.5. The fourth-order valence-electron chi connectivity index (χ4n) is 2.24. The van der Waals surface area contributed by atoms with E-state index in [1.807, 2.05) is 13.8 Å². The highest BCUT2D eigenvalue weighted by Gasteiger charge is 2.39. The Morgan fingerprint density at radius 3 is 2.77 bits per heavy atom. The van der Waals surface area contributed by atoms with Crippen molar-refractivity contribution in [2.24, 2.45) is 5.16 Å². The molecule has 0 aliphatic heterocycles. The molecule has 0 saturated heterocycles. The van der Waals surface area contributed by atoms with Gasteiger partial charge in [-0.15, -0.1) is 0 Å². The Hall–Kier alpha value is -2.34. The number of aromatic nitrogens is 2. The molecule has 0 saturated carbocycles. The molecule has 0 fully saturated rings. The summed E-state index contributed by atoms with van der Waals surface area (Å²) in [4.78, 5) is 20.8. The number of oxime groups is 1. The highest BCUT2D eigenvalue weighted by molar-refractivity contribution is 6.12. The third-order valence-electron chi connectivity index (χ3n) is 3.35. The summed E-state index contributed by atoms with van der Waals surface area (Å²) in [7, 11) is 0. The molecule has 22 heavy (non-hydrogen) atoms. The average Bonchev–Trinajstić information content (AvgIpc) is 2.52. The van der Waals surface area contributed by atoms with Gasteiger partial charge in [0, 0.05) is 12.4 Å². The molecule has 0 aromatic carbocycles. The van der Waals surface area contributed by atoms with Crippen LogP contribution in [0.4, 0.5) is 0 Å². The lowest BCUT2D eigenvalue weighted by Crippen LogP contribution is -2.43. The number of rotatable bonds is 6. The zero-order chi connectivity index (χ0) is 16.0.